The van der Waals surface area contributed by atoms with Crippen molar-refractivity contribution in [2.45, 2.75) is 50.0 Å². The van der Waals surface area contributed by atoms with Crippen LogP contribution in [-0.4, -0.2) is 58.8 Å². The maximum Gasteiger partial charge on any atom is 0.280 e. The molecule has 0 unspecified atom stereocenters. The SMILES string of the molecule is CCOc1cncc(-c2cnc(C(=O)N[C@H](c3cc(NS(=O)(=O)C4CC4)ccn3)[C@H]3CCCO3)s2)n1. The summed E-state index contributed by atoms with van der Waals surface area (Å²) in [5.74, 6) is 0.0162. The molecule has 0 aromatic carbocycles. The average Bonchev–Trinajstić information content (AvgIpc) is 3.38. The van der Waals surface area contributed by atoms with Crippen molar-refractivity contribution in [3.63, 3.8) is 0 Å². The number of carbonyl (C=O) groups excluding carboxylic acids is 1. The van der Waals surface area contributed by atoms with Crippen molar-refractivity contribution in [1.29, 1.82) is 0 Å². The van der Waals surface area contributed by atoms with Gasteiger partial charge in [-0.25, -0.2) is 18.4 Å². The van der Waals surface area contributed by atoms with Crippen LogP contribution in [0, 0.1) is 0 Å². The second-order valence-corrected chi connectivity index (χ2v) is 11.5. The number of thiazole rings is 1. The maximum atomic E-state index is 13.2. The van der Waals surface area contributed by atoms with Crippen LogP contribution in [0.4, 0.5) is 5.69 Å². The third-order valence-corrected chi connectivity index (χ3v) is 8.69. The van der Waals surface area contributed by atoms with Gasteiger partial charge in [0, 0.05) is 19.0 Å². The van der Waals surface area contributed by atoms with Crippen molar-refractivity contribution in [3.8, 4) is 16.5 Å². The minimum absolute atomic E-state index is 0.252. The van der Waals surface area contributed by atoms with E-state index < -0.39 is 16.1 Å². The number of pyridine rings is 1. The van der Waals surface area contributed by atoms with E-state index >= 15 is 0 Å². The monoisotopic (exact) mass is 530 g/mol. The standard InChI is InChI=1S/C23H26N6O5S2/c1-2-33-20-13-24-11-17(27-20)19-12-26-23(35-19)22(30)28-21(18-4-3-9-34-18)16-10-14(7-8-25-16)29-36(31,32)15-5-6-15/h7-8,10-13,15,18,21H,2-6,9H2,1H3,(H,25,29)(H,28,30)/t18-,21-/m1/s1. The molecular formula is C23H26N6O5S2. The number of anilines is 1. The molecule has 0 radical (unpaired) electrons. The molecule has 2 N–H and O–H groups in total. The van der Waals surface area contributed by atoms with Crippen LogP contribution in [0.5, 0.6) is 5.88 Å². The van der Waals surface area contributed by atoms with Crippen LogP contribution >= 0.6 is 11.3 Å². The summed E-state index contributed by atoms with van der Waals surface area (Å²) < 4.78 is 38.7. The fourth-order valence-electron chi connectivity index (χ4n) is 3.92. The largest absolute Gasteiger partial charge is 0.477 e. The van der Waals surface area contributed by atoms with Crippen molar-refractivity contribution in [2.24, 2.45) is 0 Å². The minimum atomic E-state index is -3.42. The zero-order valence-corrected chi connectivity index (χ0v) is 21.2. The minimum Gasteiger partial charge on any atom is -0.477 e. The second-order valence-electron chi connectivity index (χ2n) is 8.52. The van der Waals surface area contributed by atoms with Crippen LogP contribution < -0.4 is 14.8 Å². The fraction of sp³-hybridized carbons (Fsp3) is 0.435. The predicted molar refractivity (Wildman–Crippen MR) is 133 cm³/mol. The third-order valence-electron chi connectivity index (χ3n) is 5.80. The van der Waals surface area contributed by atoms with Crippen LogP contribution in [0.2, 0.25) is 0 Å². The van der Waals surface area contributed by atoms with E-state index in [1.54, 1.807) is 24.5 Å². The van der Waals surface area contributed by atoms with E-state index in [1.807, 2.05) is 6.92 Å². The zero-order valence-electron chi connectivity index (χ0n) is 19.6. The van der Waals surface area contributed by atoms with Crippen LogP contribution in [0.15, 0.2) is 36.9 Å². The predicted octanol–water partition coefficient (Wildman–Crippen LogP) is 2.95. The number of rotatable bonds is 10. The van der Waals surface area contributed by atoms with Gasteiger partial charge in [-0.3, -0.25) is 19.5 Å². The lowest BCUT2D eigenvalue weighted by Crippen LogP contribution is -2.36. The quantitative estimate of drug-likeness (QED) is 0.404. The van der Waals surface area contributed by atoms with E-state index in [0.717, 1.165) is 12.8 Å². The summed E-state index contributed by atoms with van der Waals surface area (Å²) >= 11 is 1.19. The molecule has 5 rings (SSSR count). The lowest BCUT2D eigenvalue weighted by Gasteiger charge is -2.24. The summed E-state index contributed by atoms with van der Waals surface area (Å²) in [4.78, 5) is 31.1. The Hall–Kier alpha value is -3.16. The van der Waals surface area contributed by atoms with Gasteiger partial charge in [-0.15, -0.1) is 11.3 Å². The van der Waals surface area contributed by atoms with Gasteiger partial charge in [0.2, 0.25) is 15.9 Å². The lowest BCUT2D eigenvalue weighted by molar-refractivity contribution is 0.0663. The van der Waals surface area contributed by atoms with Gasteiger partial charge < -0.3 is 14.8 Å². The maximum absolute atomic E-state index is 13.2. The van der Waals surface area contributed by atoms with E-state index in [0.29, 0.717) is 53.9 Å². The molecule has 1 amide bonds. The number of ether oxygens (including phenoxy) is 2. The molecule has 0 bridgehead atoms. The summed E-state index contributed by atoms with van der Waals surface area (Å²) in [6.45, 7) is 2.91. The number of sulfonamides is 1. The Morgan fingerprint density at radius 3 is 2.86 bits per heavy atom. The van der Waals surface area contributed by atoms with Gasteiger partial charge in [0.15, 0.2) is 5.01 Å². The molecule has 190 valence electrons. The molecule has 4 heterocycles. The Bertz CT molecular complexity index is 1340. The first kappa shape index (κ1) is 24.5. The molecule has 1 aliphatic carbocycles. The van der Waals surface area contributed by atoms with E-state index in [-0.39, 0.29) is 22.3 Å². The highest BCUT2D eigenvalue weighted by Crippen LogP contribution is 2.32. The number of carbonyl (C=O) groups is 1. The number of nitrogens with one attached hydrogen (secondary N) is 2. The summed E-state index contributed by atoms with van der Waals surface area (Å²) in [5, 5.41) is 2.90. The number of nitrogens with zero attached hydrogens (tertiary/aromatic N) is 4. The van der Waals surface area contributed by atoms with Gasteiger partial charge in [-0.1, -0.05) is 0 Å². The second kappa shape index (κ2) is 10.4. The van der Waals surface area contributed by atoms with Crippen LogP contribution in [0.25, 0.3) is 10.6 Å². The summed E-state index contributed by atoms with van der Waals surface area (Å²) in [6.07, 6.45) is 8.87. The van der Waals surface area contributed by atoms with Gasteiger partial charge in [-0.2, -0.15) is 0 Å². The number of hydrogen-bond donors (Lipinski definition) is 2. The Labute approximate surface area is 212 Å². The molecule has 0 spiro atoms. The average molecular weight is 531 g/mol. The van der Waals surface area contributed by atoms with Crippen molar-refractivity contribution in [1.82, 2.24) is 25.3 Å². The topological polar surface area (TPSA) is 145 Å². The number of hydrogen-bond acceptors (Lipinski definition) is 10. The van der Waals surface area contributed by atoms with Crippen molar-refractivity contribution < 1.29 is 22.7 Å². The summed E-state index contributed by atoms with van der Waals surface area (Å²) in [6, 6.07) is 2.68. The molecular weight excluding hydrogens is 504 g/mol. The van der Waals surface area contributed by atoms with Gasteiger partial charge in [0.25, 0.3) is 5.91 Å². The molecule has 13 heteroatoms. The van der Waals surface area contributed by atoms with E-state index in [4.69, 9.17) is 9.47 Å². The van der Waals surface area contributed by atoms with Gasteiger partial charge in [0.05, 0.1) is 52.7 Å². The molecule has 3 aromatic rings. The molecule has 1 aliphatic heterocycles. The first-order chi connectivity index (χ1) is 17.4. The van der Waals surface area contributed by atoms with E-state index in [1.165, 1.54) is 23.7 Å². The summed E-state index contributed by atoms with van der Waals surface area (Å²) in [7, 11) is -3.42. The van der Waals surface area contributed by atoms with Crippen LogP contribution in [0.3, 0.4) is 0 Å². The molecule has 2 aliphatic rings. The molecule has 36 heavy (non-hydrogen) atoms. The normalized spacial score (nSPS) is 18.5. The molecule has 11 nitrogen and oxygen atoms in total. The van der Waals surface area contributed by atoms with Gasteiger partial charge >= 0.3 is 0 Å². The highest BCUT2D eigenvalue weighted by molar-refractivity contribution is 7.93. The number of aromatic nitrogens is 4. The van der Waals surface area contributed by atoms with Crippen LogP contribution in [0.1, 0.15) is 54.1 Å². The van der Waals surface area contributed by atoms with Crippen molar-refractivity contribution in [2.75, 3.05) is 17.9 Å². The molecule has 2 atom stereocenters. The fourth-order valence-corrected chi connectivity index (χ4v) is 6.07. The lowest BCUT2D eigenvalue weighted by atomic mass is 10.0. The number of amides is 1. The van der Waals surface area contributed by atoms with Gasteiger partial charge in [0.1, 0.15) is 5.69 Å². The molecule has 1 saturated carbocycles. The van der Waals surface area contributed by atoms with Crippen molar-refractivity contribution >= 4 is 33.0 Å². The molecule has 2 fully saturated rings. The smallest absolute Gasteiger partial charge is 0.280 e. The van der Waals surface area contributed by atoms with E-state index in [9.17, 15) is 13.2 Å². The molecule has 3 aromatic heterocycles. The third kappa shape index (κ3) is 5.63. The Kier molecular flexibility index (Phi) is 7.12. The first-order valence-electron chi connectivity index (χ1n) is 11.7. The Morgan fingerprint density at radius 1 is 1.25 bits per heavy atom. The zero-order chi connectivity index (χ0) is 25.1. The summed E-state index contributed by atoms with van der Waals surface area (Å²) in [5.41, 5.74) is 1.48. The highest BCUT2D eigenvalue weighted by Gasteiger charge is 2.36. The highest BCUT2D eigenvalue weighted by atomic mass is 32.2. The van der Waals surface area contributed by atoms with E-state index in [2.05, 4.69) is 30.0 Å². The van der Waals surface area contributed by atoms with Crippen molar-refractivity contribution in [3.05, 3.63) is 47.6 Å². The Morgan fingerprint density at radius 2 is 2.11 bits per heavy atom. The Balaban J connectivity index is 1.35. The van der Waals surface area contributed by atoms with Crippen LogP contribution in [-0.2, 0) is 14.8 Å². The molecule has 1 saturated heterocycles. The first-order valence-corrected chi connectivity index (χ1v) is 14.1. The van der Waals surface area contributed by atoms with Gasteiger partial charge in [-0.05, 0) is 44.7 Å².